The molecule has 0 aliphatic heterocycles. The molecule has 0 fully saturated rings. The Morgan fingerprint density at radius 2 is 1.82 bits per heavy atom. The molecule has 1 amide bonds. The molecule has 0 spiro atoms. The molecule has 116 valence electrons. The number of carbonyl (C=O) groups excluding carboxylic acids is 1. The molecule has 1 aromatic heterocycles. The second kappa shape index (κ2) is 6.58. The molecule has 0 radical (unpaired) electrons. The van der Waals surface area contributed by atoms with E-state index >= 15 is 0 Å². The summed E-state index contributed by atoms with van der Waals surface area (Å²) < 4.78 is 5.17. The third-order valence-electron chi connectivity index (χ3n) is 2.80. The van der Waals surface area contributed by atoms with Gasteiger partial charge in [-0.1, -0.05) is 36.4 Å². The molecule has 0 aliphatic rings. The number of aliphatic hydroxyl groups is 1. The van der Waals surface area contributed by atoms with Gasteiger partial charge < -0.3 is 9.84 Å². The zero-order valence-corrected chi connectivity index (χ0v) is 12.9. The number of amides is 1. The minimum absolute atomic E-state index is 0.335. The van der Waals surface area contributed by atoms with Crippen LogP contribution in [0.5, 0.6) is 0 Å². The van der Waals surface area contributed by atoms with Crippen molar-refractivity contribution in [3.8, 4) is 0 Å². The van der Waals surface area contributed by atoms with Crippen LogP contribution in [-0.2, 0) is 4.74 Å². The van der Waals surface area contributed by atoms with E-state index in [9.17, 15) is 9.90 Å². The maximum absolute atomic E-state index is 11.7. The normalized spacial score (nSPS) is 12.5. The number of nitrogens with one attached hydrogen (secondary N) is 1. The van der Waals surface area contributed by atoms with Crippen molar-refractivity contribution in [2.45, 2.75) is 32.5 Å². The predicted molar refractivity (Wildman–Crippen MR) is 84.6 cm³/mol. The fourth-order valence-corrected chi connectivity index (χ4v) is 1.89. The number of rotatable bonds is 3. The van der Waals surface area contributed by atoms with E-state index in [1.54, 1.807) is 39.0 Å². The smallest absolute Gasteiger partial charge is 0.413 e. The third-order valence-corrected chi connectivity index (χ3v) is 2.80. The van der Waals surface area contributed by atoms with Gasteiger partial charge in [0.15, 0.2) is 0 Å². The van der Waals surface area contributed by atoms with E-state index in [4.69, 9.17) is 4.74 Å². The molecular formula is C17H20N2O3. The summed E-state index contributed by atoms with van der Waals surface area (Å²) in [6.07, 6.45) is -1.42. The molecule has 1 unspecified atom stereocenters. The molecule has 1 atom stereocenters. The molecule has 0 saturated heterocycles. The summed E-state index contributed by atoms with van der Waals surface area (Å²) in [5.74, 6) is 0.335. The second-order valence-corrected chi connectivity index (χ2v) is 5.89. The topological polar surface area (TPSA) is 71.5 Å². The van der Waals surface area contributed by atoms with Crippen LogP contribution in [0.2, 0.25) is 0 Å². The second-order valence-electron chi connectivity index (χ2n) is 5.89. The number of benzene rings is 1. The van der Waals surface area contributed by atoms with Crippen LogP contribution in [0.1, 0.15) is 38.1 Å². The van der Waals surface area contributed by atoms with Gasteiger partial charge in [-0.2, -0.15) is 0 Å². The number of pyridine rings is 1. The Labute approximate surface area is 130 Å². The standard InChI is InChI=1S/C17H20N2O3/c1-17(2,3)22-16(21)19-14-11-7-10-13(18-14)15(20)12-8-5-4-6-9-12/h4-11,15,20H,1-3H3,(H,18,19,21). The first-order valence-corrected chi connectivity index (χ1v) is 7.05. The van der Waals surface area contributed by atoms with Crippen molar-refractivity contribution in [1.82, 2.24) is 4.98 Å². The van der Waals surface area contributed by atoms with Crippen LogP contribution in [0.25, 0.3) is 0 Å². The largest absolute Gasteiger partial charge is 0.444 e. The van der Waals surface area contributed by atoms with E-state index in [0.717, 1.165) is 5.56 Å². The number of hydrogen-bond acceptors (Lipinski definition) is 4. The molecule has 2 N–H and O–H groups in total. The molecule has 0 saturated carbocycles. The van der Waals surface area contributed by atoms with Crippen molar-refractivity contribution in [2.24, 2.45) is 0 Å². The number of carbonyl (C=O) groups is 1. The lowest BCUT2D eigenvalue weighted by Crippen LogP contribution is -2.27. The first-order chi connectivity index (χ1) is 10.3. The summed E-state index contributed by atoms with van der Waals surface area (Å²) in [5, 5.41) is 12.9. The number of aromatic nitrogens is 1. The Hall–Kier alpha value is -2.40. The van der Waals surface area contributed by atoms with Gasteiger partial charge in [-0.25, -0.2) is 9.78 Å². The molecule has 0 aliphatic carbocycles. The minimum Gasteiger partial charge on any atom is -0.444 e. The molecule has 22 heavy (non-hydrogen) atoms. The van der Waals surface area contributed by atoms with Crippen molar-refractivity contribution >= 4 is 11.9 Å². The van der Waals surface area contributed by atoms with Crippen LogP contribution in [0.3, 0.4) is 0 Å². The SMILES string of the molecule is CC(C)(C)OC(=O)Nc1cccc(C(O)c2ccccc2)n1. The molecule has 1 heterocycles. The first kappa shape index (κ1) is 16.0. The fraction of sp³-hybridized carbons (Fsp3) is 0.294. The summed E-state index contributed by atoms with van der Waals surface area (Å²) in [4.78, 5) is 16.0. The van der Waals surface area contributed by atoms with Crippen molar-refractivity contribution in [3.63, 3.8) is 0 Å². The molecule has 1 aromatic carbocycles. The summed E-state index contributed by atoms with van der Waals surface area (Å²) in [5.41, 5.74) is 0.620. The monoisotopic (exact) mass is 300 g/mol. The van der Waals surface area contributed by atoms with Crippen LogP contribution in [-0.4, -0.2) is 21.8 Å². The van der Waals surface area contributed by atoms with Crippen LogP contribution in [0.4, 0.5) is 10.6 Å². The zero-order chi connectivity index (χ0) is 16.2. The van der Waals surface area contributed by atoms with E-state index in [1.807, 2.05) is 30.3 Å². The Balaban J connectivity index is 2.12. The molecule has 2 rings (SSSR count). The Morgan fingerprint density at radius 1 is 1.14 bits per heavy atom. The molecule has 5 heteroatoms. The van der Waals surface area contributed by atoms with Gasteiger partial charge in [0.2, 0.25) is 0 Å². The van der Waals surface area contributed by atoms with Gasteiger partial charge >= 0.3 is 6.09 Å². The average Bonchev–Trinajstić information content (AvgIpc) is 2.45. The highest BCUT2D eigenvalue weighted by molar-refractivity contribution is 5.83. The van der Waals surface area contributed by atoms with E-state index < -0.39 is 17.8 Å². The number of anilines is 1. The molecule has 5 nitrogen and oxygen atoms in total. The number of aliphatic hydroxyl groups excluding tert-OH is 1. The lowest BCUT2D eigenvalue weighted by molar-refractivity contribution is 0.0635. The van der Waals surface area contributed by atoms with Crippen molar-refractivity contribution in [2.75, 3.05) is 5.32 Å². The Morgan fingerprint density at radius 3 is 2.45 bits per heavy atom. The van der Waals surface area contributed by atoms with Gasteiger partial charge in [0.1, 0.15) is 17.5 Å². The Bertz CT molecular complexity index is 636. The van der Waals surface area contributed by atoms with Gasteiger partial charge in [0.05, 0.1) is 5.69 Å². The van der Waals surface area contributed by atoms with Gasteiger partial charge in [0.25, 0.3) is 0 Å². The third kappa shape index (κ3) is 4.56. The summed E-state index contributed by atoms with van der Waals surface area (Å²) in [6.45, 7) is 5.36. The summed E-state index contributed by atoms with van der Waals surface area (Å²) >= 11 is 0. The highest BCUT2D eigenvalue weighted by Crippen LogP contribution is 2.21. The van der Waals surface area contributed by atoms with Crippen LogP contribution >= 0.6 is 0 Å². The lowest BCUT2D eigenvalue weighted by atomic mass is 10.1. The quantitative estimate of drug-likeness (QED) is 0.910. The number of nitrogens with zero attached hydrogens (tertiary/aromatic N) is 1. The zero-order valence-electron chi connectivity index (χ0n) is 12.9. The minimum atomic E-state index is -0.846. The molecular weight excluding hydrogens is 280 g/mol. The van der Waals surface area contributed by atoms with Gasteiger partial charge in [-0.05, 0) is 38.5 Å². The number of ether oxygens (including phenoxy) is 1. The molecule has 2 aromatic rings. The van der Waals surface area contributed by atoms with Crippen LogP contribution in [0, 0.1) is 0 Å². The highest BCUT2D eigenvalue weighted by Gasteiger charge is 2.17. The maximum Gasteiger partial charge on any atom is 0.413 e. The van der Waals surface area contributed by atoms with Crippen molar-refractivity contribution in [1.29, 1.82) is 0 Å². The van der Waals surface area contributed by atoms with E-state index in [2.05, 4.69) is 10.3 Å². The maximum atomic E-state index is 11.7. The number of hydrogen-bond donors (Lipinski definition) is 2. The highest BCUT2D eigenvalue weighted by atomic mass is 16.6. The lowest BCUT2D eigenvalue weighted by Gasteiger charge is -2.19. The van der Waals surface area contributed by atoms with Gasteiger partial charge in [0, 0.05) is 0 Å². The van der Waals surface area contributed by atoms with E-state index in [1.165, 1.54) is 0 Å². The van der Waals surface area contributed by atoms with Crippen molar-refractivity contribution in [3.05, 3.63) is 59.8 Å². The van der Waals surface area contributed by atoms with E-state index in [0.29, 0.717) is 11.5 Å². The van der Waals surface area contributed by atoms with Gasteiger partial charge in [-0.3, -0.25) is 5.32 Å². The predicted octanol–water partition coefficient (Wildman–Crippen LogP) is 3.51. The van der Waals surface area contributed by atoms with Gasteiger partial charge in [-0.15, -0.1) is 0 Å². The van der Waals surface area contributed by atoms with Crippen molar-refractivity contribution < 1.29 is 14.6 Å². The Kier molecular flexibility index (Phi) is 4.78. The fourth-order valence-electron chi connectivity index (χ4n) is 1.89. The first-order valence-electron chi connectivity index (χ1n) is 7.05. The van der Waals surface area contributed by atoms with E-state index in [-0.39, 0.29) is 0 Å². The summed E-state index contributed by atoms with van der Waals surface area (Å²) in [7, 11) is 0. The summed E-state index contributed by atoms with van der Waals surface area (Å²) in [6, 6.07) is 14.3. The van der Waals surface area contributed by atoms with Crippen LogP contribution < -0.4 is 5.32 Å². The van der Waals surface area contributed by atoms with Crippen LogP contribution in [0.15, 0.2) is 48.5 Å². The average molecular weight is 300 g/mol. The molecule has 0 bridgehead atoms.